The Balaban J connectivity index is 3.59. The van der Waals surface area contributed by atoms with Crippen LogP contribution in [0, 0.1) is 0 Å². The van der Waals surface area contributed by atoms with E-state index in [0.29, 0.717) is 18.8 Å². The van der Waals surface area contributed by atoms with Crippen molar-refractivity contribution >= 4 is 15.5 Å². The number of allylic oxidation sites excluding steroid dienone is 1. The minimum absolute atomic E-state index is 0.0250. The maximum Gasteiger partial charge on any atom is 0.330 e. The summed E-state index contributed by atoms with van der Waals surface area (Å²) in [6, 6.07) is 2.25. The van der Waals surface area contributed by atoms with E-state index in [4.69, 9.17) is 14.6 Å². The van der Waals surface area contributed by atoms with Crippen molar-refractivity contribution in [1.29, 1.82) is 0 Å². The third-order valence-corrected chi connectivity index (χ3v) is 4.52. The van der Waals surface area contributed by atoms with E-state index in [9.17, 15) is 4.79 Å². The first-order chi connectivity index (χ1) is 8.61. The van der Waals surface area contributed by atoms with E-state index in [0.717, 1.165) is 18.9 Å². The third-order valence-electron chi connectivity index (χ3n) is 2.64. The average molecular weight is 274 g/mol. The summed E-state index contributed by atoms with van der Waals surface area (Å²) >= 11 is 0. The molecule has 0 unspecified atom stereocenters. The van der Waals surface area contributed by atoms with Gasteiger partial charge in [0, 0.05) is 28.3 Å². The molecule has 5 heteroatoms. The molecule has 0 fully saturated rings. The van der Waals surface area contributed by atoms with Crippen LogP contribution < -0.4 is 0 Å². The summed E-state index contributed by atoms with van der Waals surface area (Å²) in [7, 11) is -0.168. The van der Waals surface area contributed by atoms with Crippen LogP contribution in [-0.2, 0) is 14.3 Å². The molecule has 0 aliphatic rings. The zero-order chi connectivity index (χ0) is 13.8. The van der Waals surface area contributed by atoms with E-state index in [1.165, 1.54) is 6.04 Å². The molecule has 0 aromatic carbocycles. The van der Waals surface area contributed by atoms with Gasteiger partial charge in [-0.2, -0.15) is 0 Å². The first kappa shape index (κ1) is 17.3. The number of carboxylic acid groups (broad SMARTS) is 1. The Kier molecular flexibility index (Phi) is 11.0. The van der Waals surface area contributed by atoms with Crippen molar-refractivity contribution in [3.8, 4) is 0 Å². The molecule has 0 spiro atoms. The van der Waals surface area contributed by atoms with Gasteiger partial charge in [0.2, 0.25) is 0 Å². The summed E-state index contributed by atoms with van der Waals surface area (Å²) in [5.74, 6) is -0.819. The Morgan fingerprint density at radius 3 is 2.44 bits per heavy atom. The highest BCUT2D eigenvalue weighted by atomic mass is 28.2. The van der Waals surface area contributed by atoms with Gasteiger partial charge in [-0.15, -0.1) is 0 Å². The van der Waals surface area contributed by atoms with Crippen LogP contribution >= 0.6 is 0 Å². The molecule has 0 radical (unpaired) electrons. The lowest BCUT2D eigenvalue weighted by molar-refractivity contribution is -0.132. The molecule has 18 heavy (non-hydrogen) atoms. The summed E-state index contributed by atoms with van der Waals surface area (Å²) < 4.78 is 11.0. The molecular weight excluding hydrogens is 248 g/mol. The standard InChI is InChI=1S/C13H26O4Si/c1-4-16-12(17-5-2)10-18-9-7-6-8-11(3)13(14)15/h8,12H,4-7,9-10,18H2,1-3H3,(H,14,15). The number of ether oxygens (including phenoxy) is 2. The monoisotopic (exact) mass is 274 g/mol. The second kappa shape index (κ2) is 11.4. The molecule has 4 nitrogen and oxygen atoms in total. The van der Waals surface area contributed by atoms with Gasteiger partial charge in [-0.25, -0.2) is 4.79 Å². The zero-order valence-corrected chi connectivity index (χ0v) is 13.2. The summed E-state index contributed by atoms with van der Waals surface area (Å²) in [4.78, 5) is 10.6. The molecule has 0 aliphatic heterocycles. The van der Waals surface area contributed by atoms with Crippen molar-refractivity contribution < 1.29 is 19.4 Å². The van der Waals surface area contributed by atoms with Crippen molar-refractivity contribution in [2.24, 2.45) is 0 Å². The predicted octanol–water partition coefficient (Wildman–Crippen LogP) is 2.20. The van der Waals surface area contributed by atoms with Crippen LogP contribution in [0.3, 0.4) is 0 Å². The number of unbranched alkanes of at least 4 members (excludes halogenated alkanes) is 1. The molecule has 106 valence electrons. The molecule has 0 amide bonds. The molecular formula is C13H26O4Si. The molecule has 1 N–H and O–H groups in total. The largest absolute Gasteiger partial charge is 0.478 e. The Labute approximate surface area is 112 Å². The maximum absolute atomic E-state index is 10.6. The van der Waals surface area contributed by atoms with E-state index >= 15 is 0 Å². The van der Waals surface area contributed by atoms with Crippen molar-refractivity contribution in [1.82, 2.24) is 0 Å². The first-order valence-electron chi connectivity index (χ1n) is 6.75. The van der Waals surface area contributed by atoms with Crippen LogP contribution in [0.25, 0.3) is 0 Å². The van der Waals surface area contributed by atoms with Gasteiger partial charge in [0.15, 0.2) is 6.29 Å². The number of carboxylic acids is 1. The lowest BCUT2D eigenvalue weighted by Crippen LogP contribution is -2.18. The summed E-state index contributed by atoms with van der Waals surface area (Å²) in [6.07, 6.45) is 3.71. The fourth-order valence-electron chi connectivity index (χ4n) is 1.62. The van der Waals surface area contributed by atoms with Crippen LogP contribution in [0.4, 0.5) is 0 Å². The van der Waals surface area contributed by atoms with Crippen molar-refractivity contribution in [2.75, 3.05) is 13.2 Å². The fraction of sp³-hybridized carbons (Fsp3) is 0.769. The molecule has 0 aromatic heterocycles. The van der Waals surface area contributed by atoms with Gasteiger partial charge in [-0.1, -0.05) is 18.5 Å². The topological polar surface area (TPSA) is 55.8 Å². The third kappa shape index (κ3) is 9.38. The minimum atomic E-state index is -0.819. The number of hydrogen-bond acceptors (Lipinski definition) is 3. The zero-order valence-electron chi connectivity index (χ0n) is 11.8. The van der Waals surface area contributed by atoms with Gasteiger partial charge in [-0.3, -0.25) is 0 Å². The quantitative estimate of drug-likeness (QED) is 0.272. The highest BCUT2D eigenvalue weighted by Crippen LogP contribution is 2.06. The number of rotatable bonds is 11. The van der Waals surface area contributed by atoms with Crippen molar-refractivity contribution in [3.05, 3.63) is 11.6 Å². The molecule has 0 rings (SSSR count). The summed E-state index contributed by atoms with van der Waals surface area (Å²) in [5.41, 5.74) is 0.443. The lowest BCUT2D eigenvalue weighted by atomic mass is 10.2. The van der Waals surface area contributed by atoms with Crippen molar-refractivity contribution in [3.63, 3.8) is 0 Å². The van der Waals surface area contributed by atoms with E-state index in [2.05, 4.69) is 0 Å². The smallest absolute Gasteiger partial charge is 0.330 e. The number of hydrogen-bond donors (Lipinski definition) is 1. The van der Waals surface area contributed by atoms with Gasteiger partial charge in [0.25, 0.3) is 0 Å². The number of carbonyl (C=O) groups is 1. The molecule has 0 heterocycles. The van der Waals surface area contributed by atoms with Gasteiger partial charge in [-0.05, 0) is 33.2 Å². The lowest BCUT2D eigenvalue weighted by Gasteiger charge is -2.16. The first-order valence-corrected chi connectivity index (χ1v) is 8.75. The molecule has 0 aromatic rings. The Bertz CT molecular complexity index is 247. The normalized spacial score (nSPS) is 12.8. The van der Waals surface area contributed by atoms with Gasteiger partial charge < -0.3 is 14.6 Å². The molecule has 0 bridgehead atoms. The second-order valence-corrected chi connectivity index (χ2v) is 6.16. The molecule has 0 aliphatic carbocycles. The van der Waals surface area contributed by atoms with Crippen LogP contribution in [0.15, 0.2) is 11.6 Å². The van der Waals surface area contributed by atoms with Crippen LogP contribution in [0.1, 0.15) is 33.6 Å². The minimum Gasteiger partial charge on any atom is -0.478 e. The SMILES string of the molecule is CCOC(C[SiH2]CCCC=C(C)C(=O)O)OCC. The molecule has 0 atom stereocenters. The molecule has 0 saturated heterocycles. The average Bonchev–Trinajstić information content (AvgIpc) is 2.33. The van der Waals surface area contributed by atoms with Gasteiger partial charge in [0.1, 0.15) is 0 Å². The summed E-state index contributed by atoms with van der Waals surface area (Å²) in [6.45, 7) is 6.99. The Morgan fingerprint density at radius 2 is 1.94 bits per heavy atom. The summed E-state index contributed by atoms with van der Waals surface area (Å²) in [5, 5.41) is 8.68. The fourth-order valence-corrected chi connectivity index (χ4v) is 3.22. The molecule has 0 saturated carbocycles. The Morgan fingerprint density at radius 1 is 1.33 bits per heavy atom. The predicted molar refractivity (Wildman–Crippen MR) is 75.8 cm³/mol. The van der Waals surface area contributed by atoms with E-state index < -0.39 is 5.97 Å². The van der Waals surface area contributed by atoms with E-state index in [1.807, 2.05) is 13.8 Å². The van der Waals surface area contributed by atoms with Crippen LogP contribution in [-0.4, -0.2) is 40.1 Å². The Hall–Kier alpha value is -0.653. The van der Waals surface area contributed by atoms with E-state index in [1.54, 1.807) is 13.0 Å². The van der Waals surface area contributed by atoms with Crippen molar-refractivity contribution in [2.45, 2.75) is 52.0 Å². The second-order valence-electron chi connectivity index (χ2n) is 4.17. The van der Waals surface area contributed by atoms with Gasteiger partial charge in [0.05, 0.1) is 0 Å². The highest BCUT2D eigenvalue weighted by Gasteiger charge is 2.07. The van der Waals surface area contributed by atoms with Crippen LogP contribution in [0.5, 0.6) is 0 Å². The maximum atomic E-state index is 10.6. The van der Waals surface area contributed by atoms with Gasteiger partial charge >= 0.3 is 5.97 Å². The number of aliphatic carboxylic acids is 1. The van der Waals surface area contributed by atoms with Crippen LogP contribution in [0.2, 0.25) is 12.1 Å². The van der Waals surface area contributed by atoms with E-state index in [-0.39, 0.29) is 15.8 Å². The highest BCUT2D eigenvalue weighted by molar-refractivity contribution is 6.35.